The summed E-state index contributed by atoms with van der Waals surface area (Å²) in [7, 11) is 0. The van der Waals surface area contributed by atoms with Gasteiger partial charge in [-0.1, -0.05) is 0 Å². The van der Waals surface area contributed by atoms with Crippen LogP contribution in [0.25, 0.3) is 0 Å². The third-order valence-corrected chi connectivity index (χ3v) is 1.82. The van der Waals surface area contributed by atoms with Crippen molar-refractivity contribution in [2.24, 2.45) is 0 Å². The molecule has 0 aliphatic rings. The van der Waals surface area contributed by atoms with Crippen LogP contribution in [0.5, 0.6) is 5.75 Å². The van der Waals surface area contributed by atoms with Crippen molar-refractivity contribution in [3.05, 3.63) is 22.4 Å². The van der Waals surface area contributed by atoms with Gasteiger partial charge in [-0.2, -0.15) is 0 Å². The van der Waals surface area contributed by atoms with Crippen molar-refractivity contribution in [1.82, 2.24) is 4.98 Å². The molecule has 1 heterocycles. The highest BCUT2D eigenvalue weighted by Gasteiger charge is 2.31. The van der Waals surface area contributed by atoms with E-state index in [4.69, 9.17) is 0 Å². The van der Waals surface area contributed by atoms with E-state index >= 15 is 0 Å². The highest BCUT2D eigenvalue weighted by atomic mass is 79.9. The predicted molar refractivity (Wildman–Crippen MR) is 44.0 cm³/mol. The second-order valence-corrected chi connectivity index (χ2v) is 3.06. The normalized spacial score (nSPS) is 11.1. The van der Waals surface area contributed by atoms with Gasteiger partial charge in [0.25, 0.3) is 0 Å². The van der Waals surface area contributed by atoms with E-state index in [0.29, 0.717) is 6.29 Å². The summed E-state index contributed by atoms with van der Waals surface area (Å²) >= 11 is 2.87. The van der Waals surface area contributed by atoms with Gasteiger partial charge in [0.1, 0.15) is 11.4 Å². The van der Waals surface area contributed by atoms with E-state index in [9.17, 15) is 18.0 Å². The molecule has 76 valence electrons. The monoisotopic (exact) mass is 269 g/mol. The second kappa shape index (κ2) is 3.95. The Morgan fingerprint density at radius 1 is 1.50 bits per heavy atom. The first-order valence-corrected chi connectivity index (χ1v) is 4.08. The molecule has 0 aromatic carbocycles. The zero-order chi connectivity index (χ0) is 10.8. The van der Waals surface area contributed by atoms with Crippen LogP contribution in [0, 0.1) is 0 Å². The van der Waals surface area contributed by atoms with E-state index in [0.717, 1.165) is 12.3 Å². The summed E-state index contributed by atoms with van der Waals surface area (Å²) in [5, 5.41) is 0. The number of aromatic nitrogens is 1. The SMILES string of the molecule is O=Cc1ncc(OC(F)(F)F)cc1Br. The molecular formula is C7H3BrF3NO2. The van der Waals surface area contributed by atoms with Crippen molar-refractivity contribution >= 4 is 22.2 Å². The van der Waals surface area contributed by atoms with Gasteiger partial charge in [-0.05, 0) is 22.0 Å². The van der Waals surface area contributed by atoms with Gasteiger partial charge in [0.15, 0.2) is 6.29 Å². The molecular weight excluding hydrogens is 267 g/mol. The number of halogens is 4. The van der Waals surface area contributed by atoms with Crippen LogP contribution in [0.1, 0.15) is 10.5 Å². The minimum Gasteiger partial charge on any atom is -0.404 e. The Morgan fingerprint density at radius 2 is 2.14 bits per heavy atom. The van der Waals surface area contributed by atoms with Crippen molar-refractivity contribution < 1.29 is 22.7 Å². The molecule has 0 aliphatic heterocycles. The van der Waals surface area contributed by atoms with Gasteiger partial charge in [0.2, 0.25) is 0 Å². The lowest BCUT2D eigenvalue weighted by Crippen LogP contribution is -2.17. The first kappa shape index (κ1) is 11.0. The van der Waals surface area contributed by atoms with Gasteiger partial charge in [0.05, 0.1) is 10.7 Å². The third kappa shape index (κ3) is 2.99. The number of aldehydes is 1. The summed E-state index contributed by atoms with van der Waals surface area (Å²) in [6.45, 7) is 0. The van der Waals surface area contributed by atoms with E-state index in [-0.39, 0.29) is 10.2 Å². The summed E-state index contributed by atoms with van der Waals surface area (Å²) < 4.78 is 38.9. The zero-order valence-corrected chi connectivity index (χ0v) is 8.09. The highest BCUT2D eigenvalue weighted by Crippen LogP contribution is 2.25. The van der Waals surface area contributed by atoms with E-state index in [1.165, 1.54) is 0 Å². The van der Waals surface area contributed by atoms with Gasteiger partial charge in [-0.15, -0.1) is 13.2 Å². The number of hydrogen-bond acceptors (Lipinski definition) is 3. The molecule has 0 aliphatic carbocycles. The smallest absolute Gasteiger partial charge is 0.404 e. The van der Waals surface area contributed by atoms with Gasteiger partial charge in [0, 0.05) is 0 Å². The van der Waals surface area contributed by atoms with Crippen LogP contribution in [0.2, 0.25) is 0 Å². The number of carbonyl (C=O) groups is 1. The van der Waals surface area contributed by atoms with Crippen molar-refractivity contribution in [3.63, 3.8) is 0 Å². The lowest BCUT2D eigenvalue weighted by Gasteiger charge is -2.08. The number of nitrogens with zero attached hydrogens (tertiary/aromatic N) is 1. The first-order valence-electron chi connectivity index (χ1n) is 3.29. The first-order chi connectivity index (χ1) is 6.42. The Labute approximate surface area is 85.0 Å². The molecule has 0 bridgehead atoms. The molecule has 0 saturated heterocycles. The lowest BCUT2D eigenvalue weighted by atomic mass is 10.4. The van der Waals surface area contributed by atoms with E-state index in [2.05, 4.69) is 25.7 Å². The minimum absolute atomic E-state index is 0.0134. The lowest BCUT2D eigenvalue weighted by molar-refractivity contribution is -0.274. The zero-order valence-electron chi connectivity index (χ0n) is 6.51. The van der Waals surface area contributed by atoms with Crippen molar-refractivity contribution in [2.75, 3.05) is 0 Å². The van der Waals surface area contributed by atoms with Crippen LogP contribution in [-0.4, -0.2) is 17.6 Å². The van der Waals surface area contributed by atoms with Crippen LogP contribution in [0.4, 0.5) is 13.2 Å². The summed E-state index contributed by atoms with van der Waals surface area (Å²) in [6.07, 6.45) is -3.52. The summed E-state index contributed by atoms with van der Waals surface area (Å²) in [6, 6.07) is 1.02. The summed E-state index contributed by atoms with van der Waals surface area (Å²) in [4.78, 5) is 13.7. The van der Waals surface area contributed by atoms with Gasteiger partial charge in [-0.25, -0.2) is 4.98 Å². The van der Waals surface area contributed by atoms with E-state index < -0.39 is 12.1 Å². The molecule has 0 atom stereocenters. The van der Waals surface area contributed by atoms with Gasteiger partial charge < -0.3 is 4.74 Å². The van der Waals surface area contributed by atoms with Crippen molar-refractivity contribution in [2.45, 2.75) is 6.36 Å². The summed E-state index contributed by atoms with van der Waals surface area (Å²) in [5.74, 6) is -0.477. The number of pyridine rings is 1. The third-order valence-electron chi connectivity index (χ3n) is 1.19. The average Bonchev–Trinajstić information content (AvgIpc) is 2.01. The van der Waals surface area contributed by atoms with Gasteiger partial charge >= 0.3 is 6.36 Å². The molecule has 14 heavy (non-hydrogen) atoms. The Balaban J connectivity index is 2.92. The molecule has 0 amide bonds. The highest BCUT2D eigenvalue weighted by molar-refractivity contribution is 9.10. The molecule has 1 aromatic rings. The molecule has 1 aromatic heterocycles. The fourth-order valence-corrected chi connectivity index (χ4v) is 1.13. The second-order valence-electron chi connectivity index (χ2n) is 2.20. The topological polar surface area (TPSA) is 39.2 Å². The number of rotatable bonds is 2. The Kier molecular flexibility index (Phi) is 3.10. The van der Waals surface area contributed by atoms with Crippen molar-refractivity contribution in [1.29, 1.82) is 0 Å². The number of alkyl halides is 3. The van der Waals surface area contributed by atoms with Gasteiger partial charge in [-0.3, -0.25) is 4.79 Å². The van der Waals surface area contributed by atoms with Crippen LogP contribution in [0.15, 0.2) is 16.7 Å². The van der Waals surface area contributed by atoms with Crippen LogP contribution >= 0.6 is 15.9 Å². The Bertz CT molecular complexity index is 353. The molecule has 0 N–H and O–H groups in total. The predicted octanol–water partition coefficient (Wildman–Crippen LogP) is 2.56. The maximum atomic E-state index is 11.7. The molecule has 1 rings (SSSR count). The molecule has 0 radical (unpaired) electrons. The maximum absolute atomic E-state index is 11.7. The number of carbonyl (C=O) groups excluding carboxylic acids is 1. The average molecular weight is 270 g/mol. The molecule has 0 saturated carbocycles. The fourth-order valence-electron chi connectivity index (χ4n) is 0.707. The minimum atomic E-state index is -4.76. The Hall–Kier alpha value is -1.11. The van der Waals surface area contributed by atoms with Crippen molar-refractivity contribution in [3.8, 4) is 5.75 Å². The number of hydrogen-bond donors (Lipinski definition) is 0. The standard InChI is InChI=1S/C7H3BrF3NO2/c8-5-1-4(14-7(9,10)11)2-12-6(5)3-13/h1-3H. The summed E-state index contributed by atoms with van der Waals surface area (Å²) in [5.41, 5.74) is 0.0134. The molecule has 0 spiro atoms. The molecule has 3 nitrogen and oxygen atoms in total. The largest absolute Gasteiger partial charge is 0.573 e. The van der Waals surface area contributed by atoms with E-state index in [1.807, 2.05) is 0 Å². The maximum Gasteiger partial charge on any atom is 0.573 e. The number of ether oxygens (including phenoxy) is 1. The van der Waals surface area contributed by atoms with Crippen LogP contribution in [0.3, 0.4) is 0 Å². The van der Waals surface area contributed by atoms with Crippen LogP contribution in [-0.2, 0) is 0 Å². The van der Waals surface area contributed by atoms with E-state index in [1.54, 1.807) is 0 Å². The van der Waals surface area contributed by atoms with Crippen LogP contribution < -0.4 is 4.74 Å². The molecule has 7 heteroatoms. The molecule has 0 unspecified atom stereocenters. The fraction of sp³-hybridized carbons (Fsp3) is 0.143. The quantitative estimate of drug-likeness (QED) is 0.775. The Morgan fingerprint density at radius 3 is 2.57 bits per heavy atom. The molecule has 0 fully saturated rings.